The van der Waals surface area contributed by atoms with Crippen molar-refractivity contribution in [2.24, 2.45) is 0 Å². The fourth-order valence-electron chi connectivity index (χ4n) is 1.21. The summed E-state index contributed by atoms with van der Waals surface area (Å²) in [4.78, 5) is 0. The first-order valence-corrected chi connectivity index (χ1v) is 4.83. The number of hydrogen-bond donors (Lipinski definition) is 2. The highest BCUT2D eigenvalue weighted by molar-refractivity contribution is 9.10. The maximum Gasteiger partial charge on any atom is 0.192 e. The van der Waals surface area contributed by atoms with Crippen molar-refractivity contribution < 1.29 is 8.78 Å². The van der Waals surface area contributed by atoms with E-state index in [2.05, 4.69) is 26.1 Å². The second kappa shape index (κ2) is 3.62. The molecule has 15 heavy (non-hydrogen) atoms. The van der Waals surface area contributed by atoms with Gasteiger partial charge in [-0.15, -0.1) is 0 Å². The summed E-state index contributed by atoms with van der Waals surface area (Å²) >= 11 is 3.19. The number of aromatic nitrogens is 2. The molecule has 78 valence electrons. The summed E-state index contributed by atoms with van der Waals surface area (Å²) in [5.41, 5.74) is 5.65. The van der Waals surface area contributed by atoms with Gasteiger partial charge in [-0.3, -0.25) is 5.10 Å². The Bertz CT molecular complexity index is 510. The quantitative estimate of drug-likeness (QED) is 0.840. The van der Waals surface area contributed by atoms with Crippen molar-refractivity contribution in [2.45, 2.75) is 0 Å². The minimum atomic E-state index is -0.679. The van der Waals surface area contributed by atoms with Gasteiger partial charge in [0.05, 0.1) is 0 Å². The molecule has 2 aromatic rings. The van der Waals surface area contributed by atoms with Crippen molar-refractivity contribution in [3.63, 3.8) is 0 Å². The Morgan fingerprint density at radius 2 is 2.07 bits per heavy atom. The van der Waals surface area contributed by atoms with Crippen LogP contribution in [-0.4, -0.2) is 10.2 Å². The van der Waals surface area contributed by atoms with Crippen LogP contribution in [0.2, 0.25) is 0 Å². The maximum absolute atomic E-state index is 13.4. The summed E-state index contributed by atoms with van der Waals surface area (Å²) in [6.45, 7) is 0. The zero-order valence-corrected chi connectivity index (χ0v) is 8.98. The molecule has 0 fully saturated rings. The van der Waals surface area contributed by atoms with Gasteiger partial charge in [-0.25, -0.2) is 8.78 Å². The van der Waals surface area contributed by atoms with Gasteiger partial charge in [0.2, 0.25) is 0 Å². The molecular formula is C9H6BrF2N3. The Morgan fingerprint density at radius 3 is 2.67 bits per heavy atom. The highest BCUT2D eigenvalue weighted by atomic mass is 79.9. The number of nitrogen functional groups attached to an aromatic ring is 1. The van der Waals surface area contributed by atoms with Gasteiger partial charge in [-0.1, -0.05) is 15.9 Å². The number of benzene rings is 1. The van der Waals surface area contributed by atoms with Gasteiger partial charge in [0.15, 0.2) is 11.6 Å². The molecule has 0 saturated heterocycles. The van der Waals surface area contributed by atoms with Crippen molar-refractivity contribution in [2.75, 3.05) is 5.73 Å². The zero-order chi connectivity index (χ0) is 11.0. The minimum Gasteiger partial charge on any atom is -0.380 e. The first-order valence-electron chi connectivity index (χ1n) is 4.04. The third-order valence-corrected chi connectivity index (χ3v) is 2.62. The molecule has 3 nitrogen and oxygen atoms in total. The van der Waals surface area contributed by atoms with Crippen LogP contribution in [0.25, 0.3) is 11.3 Å². The van der Waals surface area contributed by atoms with E-state index in [0.717, 1.165) is 0 Å². The van der Waals surface area contributed by atoms with Gasteiger partial charge in [0.25, 0.3) is 0 Å². The molecule has 0 aliphatic rings. The molecule has 0 saturated carbocycles. The van der Waals surface area contributed by atoms with E-state index in [4.69, 9.17) is 5.73 Å². The summed E-state index contributed by atoms with van der Waals surface area (Å²) < 4.78 is 26.9. The van der Waals surface area contributed by atoms with Crippen LogP contribution in [0.5, 0.6) is 0 Å². The fourth-order valence-corrected chi connectivity index (χ4v) is 1.65. The standard InChI is InChI=1S/C9H6BrF2N3/c10-6-2-1-4(11)3-5(6)8-7(12)9(13)15-14-8/h1-3H,(H3,13,14,15). The largest absolute Gasteiger partial charge is 0.380 e. The lowest BCUT2D eigenvalue weighted by Crippen LogP contribution is -1.88. The summed E-state index contributed by atoms with van der Waals surface area (Å²) in [5.74, 6) is -1.37. The number of nitrogens with two attached hydrogens (primary N) is 1. The predicted octanol–water partition coefficient (Wildman–Crippen LogP) is 2.70. The van der Waals surface area contributed by atoms with Crippen molar-refractivity contribution in [1.29, 1.82) is 0 Å². The lowest BCUT2D eigenvalue weighted by Gasteiger charge is -2.01. The molecule has 3 N–H and O–H groups in total. The second-order valence-electron chi connectivity index (χ2n) is 2.92. The molecule has 0 aliphatic heterocycles. The monoisotopic (exact) mass is 273 g/mol. The van der Waals surface area contributed by atoms with Crippen LogP contribution in [0.4, 0.5) is 14.6 Å². The number of anilines is 1. The highest BCUT2D eigenvalue weighted by Gasteiger charge is 2.15. The normalized spacial score (nSPS) is 10.6. The molecule has 1 heterocycles. The van der Waals surface area contributed by atoms with Crippen molar-refractivity contribution in [3.05, 3.63) is 34.3 Å². The van der Waals surface area contributed by atoms with E-state index in [-0.39, 0.29) is 11.5 Å². The molecule has 6 heteroatoms. The van der Waals surface area contributed by atoms with Crippen LogP contribution in [-0.2, 0) is 0 Å². The van der Waals surface area contributed by atoms with Crippen LogP contribution in [0.15, 0.2) is 22.7 Å². The fraction of sp³-hybridized carbons (Fsp3) is 0. The number of aromatic amines is 1. The number of halogens is 3. The van der Waals surface area contributed by atoms with E-state index in [0.29, 0.717) is 10.0 Å². The molecule has 1 aromatic carbocycles. The lowest BCUT2D eigenvalue weighted by molar-refractivity contribution is 0.625. The van der Waals surface area contributed by atoms with Crippen LogP contribution in [0, 0.1) is 11.6 Å². The summed E-state index contributed by atoms with van der Waals surface area (Å²) in [6.07, 6.45) is 0. The average molecular weight is 274 g/mol. The SMILES string of the molecule is Nc1n[nH]c(-c2cc(F)ccc2Br)c1F. The van der Waals surface area contributed by atoms with E-state index in [1.54, 1.807) is 0 Å². The van der Waals surface area contributed by atoms with E-state index in [1.807, 2.05) is 0 Å². The number of H-pyrrole nitrogens is 1. The summed E-state index contributed by atoms with van der Waals surface area (Å²) in [5, 5.41) is 5.91. The van der Waals surface area contributed by atoms with Crippen LogP contribution >= 0.6 is 15.9 Å². The van der Waals surface area contributed by atoms with Gasteiger partial charge in [-0.2, -0.15) is 5.10 Å². The van der Waals surface area contributed by atoms with Crippen LogP contribution < -0.4 is 5.73 Å². The Balaban J connectivity index is 2.63. The van der Waals surface area contributed by atoms with Gasteiger partial charge >= 0.3 is 0 Å². The van der Waals surface area contributed by atoms with Crippen LogP contribution in [0.3, 0.4) is 0 Å². The Kier molecular flexibility index (Phi) is 2.44. The third kappa shape index (κ3) is 1.72. The average Bonchev–Trinajstić information content (AvgIpc) is 2.52. The number of nitrogens with zero attached hydrogens (tertiary/aromatic N) is 1. The lowest BCUT2D eigenvalue weighted by atomic mass is 10.1. The van der Waals surface area contributed by atoms with E-state index < -0.39 is 11.6 Å². The van der Waals surface area contributed by atoms with Gasteiger partial charge in [-0.05, 0) is 18.2 Å². The van der Waals surface area contributed by atoms with Crippen molar-refractivity contribution >= 4 is 21.7 Å². The third-order valence-electron chi connectivity index (χ3n) is 1.93. The van der Waals surface area contributed by atoms with Crippen molar-refractivity contribution in [1.82, 2.24) is 10.2 Å². The molecule has 0 aliphatic carbocycles. The first kappa shape index (κ1) is 10.1. The topological polar surface area (TPSA) is 54.7 Å². The summed E-state index contributed by atoms with van der Waals surface area (Å²) in [6, 6.07) is 3.95. The maximum atomic E-state index is 13.4. The van der Waals surface area contributed by atoms with E-state index >= 15 is 0 Å². The molecule has 0 spiro atoms. The molecular weight excluding hydrogens is 268 g/mol. The smallest absolute Gasteiger partial charge is 0.192 e. The Labute approximate surface area is 92.4 Å². The van der Waals surface area contributed by atoms with Crippen LogP contribution in [0.1, 0.15) is 0 Å². The van der Waals surface area contributed by atoms with Gasteiger partial charge in [0, 0.05) is 10.0 Å². The Hall–Kier alpha value is -1.43. The van der Waals surface area contributed by atoms with Gasteiger partial charge in [0.1, 0.15) is 11.5 Å². The minimum absolute atomic E-state index is 0.0684. The predicted molar refractivity (Wildman–Crippen MR) is 56.1 cm³/mol. The molecule has 0 radical (unpaired) electrons. The number of hydrogen-bond acceptors (Lipinski definition) is 2. The zero-order valence-electron chi connectivity index (χ0n) is 7.39. The molecule has 1 aromatic heterocycles. The van der Waals surface area contributed by atoms with E-state index in [1.165, 1.54) is 18.2 Å². The molecule has 0 bridgehead atoms. The van der Waals surface area contributed by atoms with Gasteiger partial charge < -0.3 is 5.73 Å². The molecule has 0 amide bonds. The second-order valence-corrected chi connectivity index (χ2v) is 3.78. The number of rotatable bonds is 1. The Morgan fingerprint density at radius 1 is 1.33 bits per heavy atom. The number of nitrogens with one attached hydrogen (secondary N) is 1. The summed E-state index contributed by atoms with van der Waals surface area (Å²) in [7, 11) is 0. The molecule has 2 rings (SSSR count). The van der Waals surface area contributed by atoms with E-state index in [9.17, 15) is 8.78 Å². The first-order chi connectivity index (χ1) is 7.09. The molecule has 0 atom stereocenters. The molecule has 0 unspecified atom stereocenters. The highest BCUT2D eigenvalue weighted by Crippen LogP contribution is 2.30. The van der Waals surface area contributed by atoms with Crippen molar-refractivity contribution in [3.8, 4) is 11.3 Å².